The van der Waals surface area contributed by atoms with Gasteiger partial charge in [-0.1, -0.05) is 5.16 Å². The van der Waals surface area contributed by atoms with E-state index in [4.69, 9.17) is 9.26 Å². The van der Waals surface area contributed by atoms with Gasteiger partial charge in [-0.15, -0.1) is 0 Å². The third kappa shape index (κ3) is 4.13. The van der Waals surface area contributed by atoms with Gasteiger partial charge in [-0.25, -0.2) is 9.18 Å². The number of nitrogens with zero attached hydrogens (tertiary/aromatic N) is 2. The predicted molar refractivity (Wildman–Crippen MR) is 97.4 cm³/mol. The van der Waals surface area contributed by atoms with E-state index in [0.29, 0.717) is 11.5 Å². The molecule has 0 atom stereocenters. The van der Waals surface area contributed by atoms with Gasteiger partial charge in [-0.2, -0.15) is 0 Å². The minimum Gasteiger partial charge on any atom is -0.381 e. The number of benzene rings is 1. The fourth-order valence-corrected chi connectivity index (χ4v) is 4.02. The summed E-state index contributed by atoms with van der Waals surface area (Å²) in [5, 5.41) is 6.93. The van der Waals surface area contributed by atoms with Crippen LogP contribution in [0.3, 0.4) is 0 Å². The molecule has 144 valence electrons. The Balaban J connectivity index is 1.33. The van der Waals surface area contributed by atoms with Crippen molar-refractivity contribution >= 4 is 6.03 Å². The number of aromatic nitrogens is 1. The number of urea groups is 1. The van der Waals surface area contributed by atoms with Gasteiger partial charge in [0.1, 0.15) is 11.5 Å². The smallest absolute Gasteiger partial charge is 0.317 e. The van der Waals surface area contributed by atoms with Gasteiger partial charge in [0, 0.05) is 37.9 Å². The van der Waals surface area contributed by atoms with Crippen LogP contribution in [-0.4, -0.2) is 42.4 Å². The largest absolute Gasteiger partial charge is 0.381 e. The summed E-state index contributed by atoms with van der Waals surface area (Å²) in [6.07, 6.45) is 4.26. The summed E-state index contributed by atoms with van der Waals surface area (Å²) in [5.74, 6) is 0.277. The molecule has 2 fully saturated rings. The van der Waals surface area contributed by atoms with Crippen molar-refractivity contribution in [3.8, 4) is 11.3 Å². The summed E-state index contributed by atoms with van der Waals surface area (Å²) in [5.41, 5.74) is 1.61. The van der Waals surface area contributed by atoms with Crippen LogP contribution in [0.5, 0.6) is 0 Å². The van der Waals surface area contributed by atoms with E-state index in [0.717, 1.165) is 51.1 Å². The summed E-state index contributed by atoms with van der Waals surface area (Å²) < 4.78 is 23.8. The van der Waals surface area contributed by atoms with Crippen molar-refractivity contribution in [2.24, 2.45) is 5.41 Å². The van der Waals surface area contributed by atoms with Crippen LogP contribution >= 0.6 is 0 Å². The maximum atomic E-state index is 13.0. The highest BCUT2D eigenvalue weighted by molar-refractivity contribution is 5.74. The van der Waals surface area contributed by atoms with E-state index in [1.165, 1.54) is 18.6 Å². The number of ether oxygens (including phenoxy) is 1. The molecule has 4 rings (SSSR count). The molecular formula is C20H24FN3O3. The molecule has 1 aromatic heterocycles. The molecule has 3 heterocycles. The zero-order valence-electron chi connectivity index (χ0n) is 15.2. The number of rotatable bonds is 3. The van der Waals surface area contributed by atoms with E-state index >= 15 is 0 Å². The van der Waals surface area contributed by atoms with Gasteiger partial charge in [-0.3, -0.25) is 0 Å². The van der Waals surface area contributed by atoms with Gasteiger partial charge in [-0.05, 0) is 55.4 Å². The molecule has 7 heteroatoms. The molecule has 27 heavy (non-hydrogen) atoms. The maximum Gasteiger partial charge on any atom is 0.317 e. The first-order chi connectivity index (χ1) is 13.1. The average molecular weight is 373 g/mol. The highest BCUT2D eigenvalue weighted by Gasteiger charge is 2.38. The van der Waals surface area contributed by atoms with E-state index in [9.17, 15) is 9.18 Å². The molecular weight excluding hydrogens is 349 g/mol. The van der Waals surface area contributed by atoms with Crippen LogP contribution in [0.1, 0.15) is 31.4 Å². The molecule has 0 bridgehead atoms. The van der Waals surface area contributed by atoms with Crippen LogP contribution in [-0.2, 0) is 11.3 Å². The number of halogens is 1. The molecule has 2 aromatic rings. The zero-order valence-corrected chi connectivity index (χ0v) is 15.2. The van der Waals surface area contributed by atoms with Crippen LogP contribution in [0.2, 0.25) is 0 Å². The van der Waals surface area contributed by atoms with Gasteiger partial charge in [0.25, 0.3) is 0 Å². The van der Waals surface area contributed by atoms with Crippen LogP contribution in [0.25, 0.3) is 11.3 Å². The Hall–Kier alpha value is -2.41. The van der Waals surface area contributed by atoms with Gasteiger partial charge in [0.15, 0.2) is 5.76 Å². The summed E-state index contributed by atoms with van der Waals surface area (Å²) in [4.78, 5) is 14.5. The first-order valence-electron chi connectivity index (χ1n) is 9.46. The van der Waals surface area contributed by atoms with Crippen LogP contribution in [0.15, 0.2) is 34.9 Å². The van der Waals surface area contributed by atoms with Crippen LogP contribution in [0, 0.1) is 11.2 Å². The molecule has 0 saturated carbocycles. The average Bonchev–Trinajstić information content (AvgIpc) is 3.16. The molecule has 2 saturated heterocycles. The lowest BCUT2D eigenvalue weighted by Gasteiger charge is -2.44. The van der Waals surface area contributed by atoms with Crippen molar-refractivity contribution in [2.45, 2.75) is 32.2 Å². The zero-order chi connectivity index (χ0) is 18.7. The number of piperidine rings is 1. The Morgan fingerprint density at radius 1 is 1.22 bits per heavy atom. The van der Waals surface area contributed by atoms with Gasteiger partial charge in [0.2, 0.25) is 0 Å². The molecule has 0 aliphatic carbocycles. The Bertz CT molecular complexity index is 779. The number of amides is 2. The standard InChI is InChI=1S/C20H24FN3O3/c21-16-4-2-15(3-5-16)18-12-17(27-23-18)13-22-19(25)24-9-1-6-20(14-24)7-10-26-11-8-20/h2-5,12H,1,6-11,13-14H2,(H,22,25). The fourth-order valence-electron chi connectivity index (χ4n) is 4.02. The summed E-state index contributed by atoms with van der Waals surface area (Å²) in [7, 11) is 0. The Morgan fingerprint density at radius 3 is 2.78 bits per heavy atom. The number of nitrogens with one attached hydrogen (secondary N) is 1. The lowest BCUT2D eigenvalue weighted by Crippen LogP contribution is -2.51. The van der Waals surface area contributed by atoms with Gasteiger partial charge in [0.05, 0.1) is 6.54 Å². The van der Waals surface area contributed by atoms with Crippen molar-refractivity contribution in [1.82, 2.24) is 15.4 Å². The van der Waals surface area contributed by atoms with Crippen molar-refractivity contribution in [1.29, 1.82) is 0 Å². The minimum absolute atomic E-state index is 0.0692. The molecule has 1 aromatic carbocycles. The van der Waals surface area contributed by atoms with Crippen molar-refractivity contribution in [2.75, 3.05) is 26.3 Å². The third-order valence-electron chi connectivity index (χ3n) is 5.61. The van der Waals surface area contributed by atoms with Gasteiger partial charge >= 0.3 is 6.03 Å². The minimum atomic E-state index is -0.293. The highest BCUT2D eigenvalue weighted by Crippen LogP contribution is 2.39. The molecule has 2 aliphatic heterocycles. The number of hydrogen-bond acceptors (Lipinski definition) is 4. The lowest BCUT2D eigenvalue weighted by molar-refractivity contribution is -0.0186. The summed E-state index contributed by atoms with van der Waals surface area (Å²) in [6, 6.07) is 7.76. The number of carbonyl (C=O) groups is 1. The Kier molecular flexibility index (Phi) is 5.11. The second kappa shape index (κ2) is 7.68. The Labute approximate surface area is 157 Å². The van der Waals surface area contributed by atoms with Crippen molar-refractivity contribution in [3.05, 3.63) is 41.9 Å². The highest BCUT2D eigenvalue weighted by atomic mass is 19.1. The molecule has 6 nitrogen and oxygen atoms in total. The topological polar surface area (TPSA) is 67.6 Å². The molecule has 2 aliphatic rings. The quantitative estimate of drug-likeness (QED) is 0.893. The van der Waals surface area contributed by atoms with Crippen molar-refractivity contribution < 1.29 is 18.4 Å². The third-order valence-corrected chi connectivity index (χ3v) is 5.61. The lowest BCUT2D eigenvalue weighted by atomic mass is 9.74. The van der Waals surface area contributed by atoms with Crippen molar-refractivity contribution in [3.63, 3.8) is 0 Å². The second-order valence-corrected chi connectivity index (χ2v) is 7.48. The molecule has 0 unspecified atom stereocenters. The van der Waals surface area contributed by atoms with E-state index in [-0.39, 0.29) is 23.8 Å². The summed E-state index contributed by atoms with van der Waals surface area (Å²) >= 11 is 0. The molecule has 0 radical (unpaired) electrons. The number of likely N-dealkylation sites (tertiary alicyclic amines) is 1. The fraction of sp³-hybridized carbons (Fsp3) is 0.500. The Morgan fingerprint density at radius 2 is 2.00 bits per heavy atom. The van der Waals surface area contributed by atoms with E-state index < -0.39 is 0 Å². The number of carbonyl (C=O) groups excluding carboxylic acids is 1. The van der Waals surface area contributed by atoms with E-state index in [2.05, 4.69) is 10.5 Å². The van der Waals surface area contributed by atoms with E-state index in [1.54, 1.807) is 18.2 Å². The predicted octanol–water partition coefficient (Wildman–Crippen LogP) is 3.58. The normalized spacial score (nSPS) is 19.2. The first-order valence-corrected chi connectivity index (χ1v) is 9.46. The SMILES string of the molecule is O=C(NCc1cc(-c2ccc(F)cc2)no1)N1CCCC2(CCOCC2)C1. The van der Waals surface area contributed by atoms with Crippen LogP contribution in [0.4, 0.5) is 9.18 Å². The monoisotopic (exact) mass is 373 g/mol. The first kappa shape index (κ1) is 18.0. The van der Waals surface area contributed by atoms with Crippen LogP contribution < -0.4 is 5.32 Å². The molecule has 1 spiro atoms. The van der Waals surface area contributed by atoms with E-state index in [1.807, 2.05) is 4.90 Å². The maximum absolute atomic E-state index is 13.0. The van der Waals surface area contributed by atoms with Gasteiger partial charge < -0.3 is 19.5 Å². The molecule has 1 N–H and O–H groups in total. The molecule has 2 amide bonds. The second-order valence-electron chi connectivity index (χ2n) is 7.48. The number of hydrogen-bond donors (Lipinski definition) is 1. The summed E-state index contributed by atoms with van der Waals surface area (Å²) in [6.45, 7) is 3.43.